The first kappa shape index (κ1) is 15.3. The number of alkyl halides is 2. The van der Waals surface area contributed by atoms with E-state index < -0.39 is 6.43 Å². The fourth-order valence-corrected chi connectivity index (χ4v) is 2.67. The first-order chi connectivity index (χ1) is 9.60. The molecule has 1 N–H and O–H groups in total. The SMILES string of the molecule is CSc1ccc2[nH]cc(CCN(C)CCC(F)F)c2c1. The second kappa shape index (κ2) is 7.09. The minimum absolute atomic E-state index is 0.0546. The number of rotatable bonds is 7. The lowest BCUT2D eigenvalue weighted by atomic mass is 10.1. The summed E-state index contributed by atoms with van der Waals surface area (Å²) in [5.74, 6) is 0. The highest BCUT2D eigenvalue weighted by Gasteiger charge is 2.08. The van der Waals surface area contributed by atoms with Gasteiger partial charge in [0.15, 0.2) is 0 Å². The van der Waals surface area contributed by atoms with Gasteiger partial charge in [-0.3, -0.25) is 0 Å². The van der Waals surface area contributed by atoms with Gasteiger partial charge < -0.3 is 9.88 Å². The molecule has 0 aliphatic heterocycles. The van der Waals surface area contributed by atoms with Crippen LogP contribution in [-0.4, -0.2) is 42.7 Å². The molecule has 0 saturated heterocycles. The van der Waals surface area contributed by atoms with Crippen molar-refractivity contribution in [3.05, 3.63) is 30.0 Å². The minimum Gasteiger partial charge on any atom is -0.361 e. The fourth-order valence-electron chi connectivity index (χ4n) is 2.23. The Bertz CT molecular complexity index is 554. The zero-order valence-corrected chi connectivity index (χ0v) is 12.6. The van der Waals surface area contributed by atoms with Crippen molar-refractivity contribution in [2.24, 2.45) is 0 Å². The van der Waals surface area contributed by atoms with Crippen LogP contribution in [0, 0.1) is 0 Å². The Kier molecular flexibility index (Phi) is 5.43. The molecule has 0 radical (unpaired) electrons. The first-order valence-electron chi connectivity index (χ1n) is 6.71. The third kappa shape index (κ3) is 3.96. The molecule has 0 aliphatic rings. The number of nitrogens with zero attached hydrogens (tertiary/aromatic N) is 1. The predicted molar refractivity (Wildman–Crippen MR) is 81.9 cm³/mol. The van der Waals surface area contributed by atoms with Crippen LogP contribution in [0.15, 0.2) is 29.3 Å². The van der Waals surface area contributed by atoms with E-state index in [0.717, 1.165) is 18.5 Å². The normalized spacial score (nSPS) is 11.9. The maximum Gasteiger partial charge on any atom is 0.239 e. The molecule has 0 amide bonds. The van der Waals surface area contributed by atoms with Crippen molar-refractivity contribution in [2.45, 2.75) is 24.2 Å². The molecule has 0 saturated carbocycles. The van der Waals surface area contributed by atoms with E-state index in [1.165, 1.54) is 15.8 Å². The van der Waals surface area contributed by atoms with Crippen LogP contribution < -0.4 is 0 Å². The van der Waals surface area contributed by atoms with Gasteiger partial charge in [-0.2, -0.15) is 0 Å². The Morgan fingerprint density at radius 2 is 2.10 bits per heavy atom. The summed E-state index contributed by atoms with van der Waals surface area (Å²) in [6, 6.07) is 6.37. The average Bonchev–Trinajstić information content (AvgIpc) is 2.85. The molecule has 1 heterocycles. The summed E-state index contributed by atoms with van der Waals surface area (Å²) in [5, 5.41) is 1.24. The highest BCUT2D eigenvalue weighted by molar-refractivity contribution is 7.98. The van der Waals surface area contributed by atoms with Crippen LogP contribution in [0.4, 0.5) is 8.78 Å². The van der Waals surface area contributed by atoms with E-state index >= 15 is 0 Å². The monoisotopic (exact) mass is 298 g/mol. The van der Waals surface area contributed by atoms with Crippen molar-refractivity contribution < 1.29 is 8.78 Å². The van der Waals surface area contributed by atoms with Crippen molar-refractivity contribution in [1.29, 1.82) is 0 Å². The number of aromatic nitrogens is 1. The van der Waals surface area contributed by atoms with Gasteiger partial charge in [-0.25, -0.2) is 8.78 Å². The van der Waals surface area contributed by atoms with Gasteiger partial charge >= 0.3 is 0 Å². The fraction of sp³-hybridized carbons (Fsp3) is 0.467. The molecule has 5 heteroatoms. The Hall–Kier alpha value is -1.07. The van der Waals surface area contributed by atoms with Gasteiger partial charge in [0.25, 0.3) is 0 Å². The smallest absolute Gasteiger partial charge is 0.239 e. The summed E-state index contributed by atoms with van der Waals surface area (Å²) < 4.78 is 24.3. The number of halogens is 2. The van der Waals surface area contributed by atoms with Crippen LogP contribution in [0.2, 0.25) is 0 Å². The largest absolute Gasteiger partial charge is 0.361 e. The van der Waals surface area contributed by atoms with Crippen LogP contribution in [0.3, 0.4) is 0 Å². The highest BCUT2D eigenvalue weighted by Crippen LogP contribution is 2.24. The molecule has 20 heavy (non-hydrogen) atoms. The summed E-state index contributed by atoms with van der Waals surface area (Å²) in [5.41, 5.74) is 2.38. The summed E-state index contributed by atoms with van der Waals surface area (Å²) in [4.78, 5) is 6.47. The minimum atomic E-state index is -2.21. The third-order valence-corrected chi connectivity index (χ3v) is 4.19. The summed E-state index contributed by atoms with van der Waals surface area (Å²) >= 11 is 1.72. The summed E-state index contributed by atoms with van der Waals surface area (Å²) in [6.07, 6.45) is 2.69. The molecule has 0 aliphatic carbocycles. The van der Waals surface area contributed by atoms with Crippen LogP contribution >= 0.6 is 11.8 Å². The maximum absolute atomic E-state index is 12.2. The molecule has 0 spiro atoms. The molecular weight excluding hydrogens is 278 g/mol. The zero-order valence-electron chi connectivity index (χ0n) is 11.8. The number of likely N-dealkylation sites (N-methyl/N-ethyl adjacent to an activating group) is 1. The number of fused-ring (bicyclic) bond motifs is 1. The number of thioether (sulfide) groups is 1. The van der Waals surface area contributed by atoms with Gasteiger partial charge in [0.2, 0.25) is 6.43 Å². The summed E-state index contributed by atoms with van der Waals surface area (Å²) in [7, 11) is 1.89. The molecular formula is C15H20F2N2S. The van der Waals surface area contributed by atoms with Crippen LogP contribution in [0.1, 0.15) is 12.0 Å². The Morgan fingerprint density at radius 1 is 1.30 bits per heavy atom. The molecule has 0 fully saturated rings. The van der Waals surface area contributed by atoms with Gasteiger partial charge in [-0.05, 0) is 43.5 Å². The Balaban J connectivity index is 1.99. The van der Waals surface area contributed by atoms with Gasteiger partial charge in [-0.1, -0.05) is 0 Å². The predicted octanol–water partition coefficient (Wildman–Crippen LogP) is 4.02. The number of nitrogens with one attached hydrogen (secondary N) is 1. The second-order valence-electron chi connectivity index (χ2n) is 4.96. The standard InChI is InChI=1S/C15H20F2N2S/c1-19(8-6-15(16)17)7-5-11-10-18-14-4-3-12(20-2)9-13(11)14/h3-4,9-10,15,18H,5-8H2,1-2H3. The van der Waals surface area contributed by atoms with Crippen molar-refractivity contribution >= 4 is 22.7 Å². The zero-order chi connectivity index (χ0) is 14.5. The molecule has 2 rings (SSSR count). The van der Waals surface area contributed by atoms with E-state index in [1.54, 1.807) is 11.8 Å². The molecule has 1 aromatic carbocycles. The van der Waals surface area contributed by atoms with Crippen LogP contribution in [0.5, 0.6) is 0 Å². The van der Waals surface area contributed by atoms with E-state index in [-0.39, 0.29) is 6.42 Å². The number of hydrogen-bond donors (Lipinski definition) is 1. The molecule has 1 aromatic heterocycles. The van der Waals surface area contributed by atoms with Crippen molar-refractivity contribution in [2.75, 3.05) is 26.4 Å². The molecule has 0 bridgehead atoms. The molecule has 0 atom stereocenters. The average molecular weight is 298 g/mol. The van der Waals surface area contributed by atoms with Gasteiger partial charge in [-0.15, -0.1) is 11.8 Å². The van der Waals surface area contributed by atoms with E-state index in [1.807, 2.05) is 18.1 Å². The molecule has 0 unspecified atom stereocenters. The van der Waals surface area contributed by atoms with Crippen LogP contribution in [0.25, 0.3) is 10.9 Å². The third-order valence-electron chi connectivity index (χ3n) is 3.47. The van der Waals surface area contributed by atoms with Crippen molar-refractivity contribution in [1.82, 2.24) is 9.88 Å². The lowest BCUT2D eigenvalue weighted by Crippen LogP contribution is -2.23. The number of hydrogen-bond acceptors (Lipinski definition) is 2. The first-order valence-corrected chi connectivity index (χ1v) is 7.93. The van der Waals surface area contributed by atoms with Gasteiger partial charge in [0.1, 0.15) is 0 Å². The molecule has 110 valence electrons. The Morgan fingerprint density at radius 3 is 2.80 bits per heavy atom. The maximum atomic E-state index is 12.2. The summed E-state index contributed by atoms with van der Waals surface area (Å²) in [6.45, 7) is 1.24. The van der Waals surface area contributed by atoms with E-state index in [4.69, 9.17) is 0 Å². The lowest BCUT2D eigenvalue weighted by Gasteiger charge is -2.15. The second-order valence-corrected chi connectivity index (χ2v) is 5.84. The van der Waals surface area contributed by atoms with Gasteiger partial charge in [0.05, 0.1) is 0 Å². The van der Waals surface area contributed by atoms with Gasteiger partial charge in [0, 0.05) is 41.5 Å². The highest BCUT2D eigenvalue weighted by atomic mass is 32.2. The molecule has 2 nitrogen and oxygen atoms in total. The van der Waals surface area contributed by atoms with E-state index in [9.17, 15) is 8.78 Å². The van der Waals surface area contributed by atoms with E-state index in [2.05, 4.69) is 29.4 Å². The molecule has 2 aromatic rings. The number of H-pyrrole nitrogens is 1. The number of benzene rings is 1. The Labute approximate surface area is 122 Å². The van der Waals surface area contributed by atoms with Crippen molar-refractivity contribution in [3.8, 4) is 0 Å². The van der Waals surface area contributed by atoms with Crippen molar-refractivity contribution in [3.63, 3.8) is 0 Å². The quantitative estimate of drug-likeness (QED) is 0.779. The van der Waals surface area contributed by atoms with Crippen LogP contribution in [-0.2, 0) is 6.42 Å². The lowest BCUT2D eigenvalue weighted by molar-refractivity contribution is 0.122. The topological polar surface area (TPSA) is 19.0 Å². The van der Waals surface area contributed by atoms with E-state index in [0.29, 0.717) is 6.54 Å². The number of aromatic amines is 1.